The summed E-state index contributed by atoms with van der Waals surface area (Å²) in [5.41, 5.74) is 2.24. The average Bonchev–Trinajstić information content (AvgIpc) is 2.47. The summed E-state index contributed by atoms with van der Waals surface area (Å²) in [6.07, 6.45) is 0.474. The van der Waals surface area contributed by atoms with Gasteiger partial charge < -0.3 is 4.90 Å². The Labute approximate surface area is 114 Å². The second-order valence-corrected chi connectivity index (χ2v) is 4.56. The van der Waals surface area contributed by atoms with Crippen molar-refractivity contribution in [2.75, 3.05) is 6.54 Å². The van der Waals surface area contributed by atoms with Gasteiger partial charge in [-0.25, -0.2) is 0 Å². The lowest BCUT2D eigenvalue weighted by Crippen LogP contribution is -2.31. The summed E-state index contributed by atoms with van der Waals surface area (Å²) in [5.74, 6) is 0.178. The van der Waals surface area contributed by atoms with Gasteiger partial charge in [0.15, 0.2) is 0 Å². The first-order valence-corrected chi connectivity index (χ1v) is 6.65. The van der Waals surface area contributed by atoms with Gasteiger partial charge in [0.1, 0.15) is 0 Å². The van der Waals surface area contributed by atoms with E-state index in [4.69, 9.17) is 0 Å². The number of rotatable bonds is 5. The fourth-order valence-electron chi connectivity index (χ4n) is 2.06. The highest BCUT2D eigenvalue weighted by Crippen LogP contribution is 2.08. The van der Waals surface area contributed by atoms with Crippen molar-refractivity contribution in [2.45, 2.75) is 19.9 Å². The van der Waals surface area contributed by atoms with Crippen molar-refractivity contribution in [3.63, 3.8) is 0 Å². The molecule has 2 nitrogen and oxygen atoms in total. The highest BCUT2D eigenvalue weighted by Gasteiger charge is 2.12. The van der Waals surface area contributed by atoms with Crippen LogP contribution in [0.1, 0.15) is 18.1 Å². The van der Waals surface area contributed by atoms with Crippen LogP contribution in [0.15, 0.2) is 60.7 Å². The molecule has 0 aliphatic heterocycles. The van der Waals surface area contributed by atoms with Crippen LogP contribution in [0.2, 0.25) is 0 Å². The molecule has 0 bridgehead atoms. The van der Waals surface area contributed by atoms with Gasteiger partial charge in [-0.3, -0.25) is 4.79 Å². The molecule has 2 rings (SSSR count). The predicted molar refractivity (Wildman–Crippen MR) is 77.7 cm³/mol. The van der Waals surface area contributed by atoms with Gasteiger partial charge >= 0.3 is 0 Å². The minimum Gasteiger partial charge on any atom is -0.338 e. The van der Waals surface area contributed by atoms with Crippen molar-refractivity contribution in [3.05, 3.63) is 71.8 Å². The number of benzene rings is 2. The third-order valence-corrected chi connectivity index (χ3v) is 3.15. The van der Waals surface area contributed by atoms with E-state index in [-0.39, 0.29) is 5.91 Å². The van der Waals surface area contributed by atoms with Crippen LogP contribution in [0.4, 0.5) is 0 Å². The molecule has 0 atom stereocenters. The second-order valence-electron chi connectivity index (χ2n) is 4.56. The maximum absolute atomic E-state index is 12.3. The molecule has 0 spiro atoms. The SMILES string of the molecule is CCN(Cc1ccccc1)C(=O)Cc1ccccc1. The Morgan fingerprint density at radius 3 is 1.95 bits per heavy atom. The number of carbonyl (C=O) groups excluding carboxylic acids is 1. The van der Waals surface area contributed by atoms with E-state index in [2.05, 4.69) is 12.1 Å². The zero-order chi connectivity index (χ0) is 13.5. The summed E-state index contributed by atoms with van der Waals surface area (Å²) < 4.78 is 0. The smallest absolute Gasteiger partial charge is 0.227 e. The minimum absolute atomic E-state index is 0.178. The maximum Gasteiger partial charge on any atom is 0.227 e. The first kappa shape index (κ1) is 13.3. The van der Waals surface area contributed by atoms with Crippen molar-refractivity contribution in [2.24, 2.45) is 0 Å². The van der Waals surface area contributed by atoms with Crippen molar-refractivity contribution in [1.82, 2.24) is 4.90 Å². The van der Waals surface area contributed by atoms with Crippen molar-refractivity contribution in [1.29, 1.82) is 0 Å². The van der Waals surface area contributed by atoms with E-state index >= 15 is 0 Å². The number of nitrogens with zero attached hydrogens (tertiary/aromatic N) is 1. The van der Waals surface area contributed by atoms with Crippen LogP contribution in [-0.2, 0) is 17.8 Å². The summed E-state index contributed by atoms with van der Waals surface area (Å²) in [5, 5.41) is 0. The molecule has 0 aromatic heterocycles. The molecule has 2 aromatic rings. The first-order valence-electron chi connectivity index (χ1n) is 6.65. The average molecular weight is 253 g/mol. The molecule has 1 amide bonds. The van der Waals surface area contributed by atoms with E-state index < -0.39 is 0 Å². The first-order chi connectivity index (χ1) is 9.29. The lowest BCUT2D eigenvalue weighted by molar-refractivity contribution is -0.130. The number of likely N-dealkylation sites (N-methyl/N-ethyl adjacent to an activating group) is 1. The molecule has 2 aromatic carbocycles. The summed E-state index contributed by atoms with van der Waals surface area (Å²) in [4.78, 5) is 14.2. The van der Waals surface area contributed by atoms with Gasteiger partial charge in [0.05, 0.1) is 6.42 Å². The van der Waals surface area contributed by atoms with Crippen LogP contribution in [0, 0.1) is 0 Å². The summed E-state index contributed by atoms with van der Waals surface area (Å²) >= 11 is 0. The Morgan fingerprint density at radius 1 is 0.895 bits per heavy atom. The van der Waals surface area contributed by atoms with Crippen LogP contribution in [0.25, 0.3) is 0 Å². The molecule has 0 radical (unpaired) electrons. The standard InChI is InChI=1S/C17H19NO/c1-2-18(14-16-11-7-4-8-12-16)17(19)13-15-9-5-3-6-10-15/h3-12H,2,13-14H2,1H3. The lowest BCUT2D eigenvalue weighted by atomic mass is 10.1. The third kappa shape index (κ3) is 3.95. The van der Waals surface area contributed by atoms with E-state index in [1.54, 1.807) is 0 Å². The summed E-state index contributed by atoms with van der Waals surface area (Å²) in [6.45, 7) is 3.44. The highest BCUT2D eigenvalue weighted by atomic mass is 16.2. The van der Waals surface area contributed by atoms with Crippen LogP contribution >= 0.6 is 0 Å². The predicted octanol–water partition coefficient (Wildman–Crippen LogP) is 3.28. The molecule has 19 heavy (non-hydrogen) atoms. The maximum atomic E-state index is 12.3. The number of hydrogen-bond acceptors (Lipinski definition) is 1. The van der Waals surface area contributed by atoms with Gasteiger partial charge in [0.2, 0.25) is 5.91 Å². The number of hydrogen-bond donors (Lipinski definition) is 0. The normalized spacial score (nSPS) is 10.2. The zero-order valence-corrected chi connectivity index (χ0v) is 11.3. The fraction of sp³-hybridized carbons (Fsp3) is 0.235. The van der Waals surface area contributed by atoms with Gasteiger partial charge in [-0.15, -0.1) is 0 Å². The van der Waals surface area contributed by atoms with E-state index in [0.29, 0.717) is 13.0 Å². The van der Waals surface area contributed by atoms with Gasteiger partial charge in [-0.2, -0.15) is 0 Å². The van der Waals surface area contributed by atoms with Crippen molar-refractivity contribution >= 4 is 5.91 Å². The Hall–Kier alpha value is -2.09. The molecular weight excluding hydrogens is 234 g/mol. The Morgan fingerprint density at radius 2 is 1.42 bits per heavy atom. The topological polar surface area (TPSA) is 20.3 Å². The Kier molecular flexibility index (Phi) is 4.73. The molecule has 0 aliphatic carbocycles. The Bertz CT molecular complexity index is 507. The van der Waals surface area contributed by atoms with Gasteiger partial charge in [-0.1, -0.05) is 60.7 Å². The highest BCUT2D eigenvalue weighted by molar-refractivity contribution is 5.78. The zero-order valence-electron chi connectivity index (χ0n) is 11.3. The molecule has 2 heteroatoms. The molecule has 0 saturated heterocycles. The molecule has 0 saturated carbocycles. The second kappa shape index (κ2) is 6.74. The van der Waals surface area contributed by atoms with Crippen LogP contribution in [0.5, 0.6) is 0 Å². The summed E-state index contributed by atoms with van der Waals surface area (Å²) in [7, 11) is 0. The van der Waals surface area contributed by atoms with Crippen LogP contribution in [-0.4, -0.2) is 17.4 Å². The van der Waals surface area contributed by atoms with Gasteiger partial charge in [-0.05, 0) is 18.1 Å². The molecule has 98 valence electrons. The molecule has 0 unspecified atom stereocenters. The van der Waals surface area contributed by atoms with Crippen LogP contribution < -0.4 is 0 Å². The van der Waals surface area contributed by atoms with Crippen molar-refractivity contribution in [3.8, 4) is 0 Å². The monoisotopic (exact) mass is 253 g/mol. The number of amides is 1. The molecular formula is C17H19NO. The fourth-order valence-corrected chi connectivity index (χ4v) is 2.06. The molecule has 0 aliphatic rings. The van der Waals surface area contributed by atoms with Gasteiger partial charge in [0, 0.05) is 13.1 Å². The third-order valence-electron chi connectivity index (χ3n) is 3.15. The Balaban J connectivity index is 2.00. The minimum atomic E-state index is 0.178. The summed E-state index contributed by atoms with van der Waals surface area (Å²) in [6, 6.07) is 20.0. The van der Waals surface area contributed by atoms with E-state index in [0.717, 1.165) is 12.1 Å². The van der Waals surface area contributed by atoms with E-state index in [9.17, 15) is 4.79 Å². The van der Waals surface area contributed by atoms with Crippen molar-refractivity contribution < 1.29 is 4.79 Å². The van der Waals surface area contributed by atoms with E-state index in [1.807, 2.05) is 60.4 Å². The largest absolute Gasteiger partial charge is 0.338 e. The molecule has 0 fully saturated rings. The lowest BCUT2D eigenvalue weighted by Gasteiger charge is -2.21. The van der Waals surface area contributed by atoms with Gasteiger partial charge in [0.25, 0.3) is 0 Å². The number of carbonyl (C=O) groups is 1. The quantitative estimate of drug-likeness (QED) is 0.800. The van der Waals surface area contributed by atoms with Crippen LogP contribution in [0.3, 0.4) is 0 Å². The molecule has 0 N–H and O–H groups in total. The molecule has 0 heterocycles. The van der Waals surface area contributed by atoms with E-state index in [1.165, 1.54) is 5.56 Å².